The summed E-state index contributed by atoms with van der Waals surface area (Å²) >= 11 is 17.9. The molecule has 1 aliphatic rings. The number of hydrogen-bond donors (Lipinski definition) is 0. The van der Waals surface area contributed by atoms with E-state index < -0.39 is 0 Å². The molecule has 2 nitrogen and oxygen atoms in total. The Labute approximate surface area is 131 Å². The molecule has 0 amide bonds. The van der Waals surface area contributed by atoms with Crippen molar-refractivity contribution in [2.75, 3.05) is 0 Å². The molecule has 1 heterocycles. The number of Topliss-reactive ketones (excluding diaryl/α,β-unsaturated/α-hetero) is 1. The highest BCUT2D eigenvalue weighted by Crippen LogP contribution is 2.37. The standard InChI is InChI=1S/C15H9Cl3O2/c16-9-1-2-14-12(6-9)13(19)7-15(20-14)8-3-10(17)5-11(18)4-8/h1-6,15H,7H2. The molecule has 3 rings (SSSR count). The highest BCUT2D eigenvalue weighted by atomic mass is 35.5. The van der Waals surface area contributed by atoms with Gasteiger partial charge in [0, 0.05) is 15.1 Å². The van der Waals surface area contributed by atoms with Gasteiger partial charge in [-0.25, -0.2) is 0 Å². The molecule has 0 N–H and O–H groups in total. The lowest BCUT2D eigenvalue weighted by Crippen LogP contribution is -2.20. The Morgan fingerprint density at radius 1 is 0.950 bits per heavy atom. The molecule has 1 unspecified atom stereocenters. The van der Waals surface area contributed by atoms with Crippen molar-refractivity contribution in [3.8, 4) is 5.75 Å². The normalized spacial score (nSPS) is 17.6. The van der Waals surface area contributed by atoms with Crippen LogP contribution in [0, 0.1) is 0 Å². The molecule has 1 aliphatic heterocycles. The molecule has 20 heavy (non-hydrogen) atoms. The molecule has 102 valence electrons. The van der Waals surface area contributed by atoms with Crippen LogP contribution < -0.4 is 4.74 Å². The second kappa shape index (κ2) is 5.28. The first kappa shape index (κ1) is 13.7. The minimum Gasteiger partial charge on any atom is -0.484 e. The van der Waals surface area contributed by atoms with Gasteiger partial charge in [0.05, 0.1) is 12.0 Å². The fourth-order valence-corrected chi connectivity index (χ4v) is 2.96. The van der Waals surface area contributed by atoms with Crippen LogP contribution in [0.5, 0.6) is 5.75 Å². The van der Waals surface area contributed by atoms with Crippen LogP contribution in [-0.4, -0.2) is 5.78 Å². The Morgan fingerprint density at radius 2 is 1.65 bits per heavy atom. The zero-order chi connectivity index (χ0) is 14.3. The van der Waals surface area contributed by atoms with Gasteiger partial charge in [-0.1, -0.05) is 34.8 Å². The first-order valence-electron chi connectivity index (χ1n) is 5.98. The third kappa shape index (κ3) is 2.64. The minimum atomic E-state index is -0.382. The Bertz CT molecular complexity index is 677. The van der Waals surface area contributed by atoms with Crippen LogP contribution in [-0.2, 0) is 0 Å². The summed E-state index contributed by atoms with van der Waals surface area (Å²) in [7, 11) is 0. The van der Waals surface area contributed by atoms with Crippen LogP contribution in [0.15, 0.2) is 36.4 Å². The van der Waals surface area contributed by atoms with Crippen LogP contribution in [0.2, 0.25) is 15.1 Å². The average Bonchev–Trinajstić information content (AvgIpc) is 2.38. The maximum Gasteiger partial charge on any atom is 0.170 e. The summed E-state index contributed by atoms with van der Waals surface area (Å²) in [4.78, 5) is 12.2. The summed E-state index contributed by atoms with van der Waals surface area (Å²) in [5.74, 6) is 0.529. The lowest BCUT2D eigenvalue weighted by molar-refractivity contribution is 0.0850. The highest BCUT2D eigenvalue weighted by molar-refractivity contribution is 6.34. The third-order valence-electron chi connectivity index (χ3n) is 3.14. The topological polar surface area (TPSA) is 26.3 Å². The molecule has 0 saturated heterocycles. The number of hydrogen-bond acceptors (Lipinski definition) is 2. The second-order valence-electron chi connectivity index (χ2n) is 4.58. The van der Waals surface area contributed by atoms with Gasteiger partial charge < -0.3 is 4.74 Å². The van der Waals surface area contributed by atoms with Crippen LogP contribution in [0.4, 0.5) is 0 Å². The van der Waals surface area contributed by atoms with Crippen molar-refractivity contribution in [2.45, 2.75) is 12.5 Å². The van der Waals surface area contributed by atoms with Gasteiger partial charge in [-0.3, -0.25) is 4.79 Å². The van der Waals surface area contributed by atoms with E-state index in [1.54, 1.807) is 36.4 Å². The van der Waals surface area contributed by atoms with Gasteiger partial charge in [-0.2, -0.15) is 0 Å². The molecule has 0 aliphatic carbocycles. The van der Waals surface area contributed by atoms with Gasteiger partial charge in [0.1, 0.15) is 11.9 Å². The van der Waals surface area contributed by atoms with E-state index in [9.17, 15) is 4.79 Å². The highest BCUT2D eigenvalue weighted by Gasteiger charge is 2.28. The molecule has 1 atom stereocenters. The van der Waals surface area contributed by atoms with E-state index in [0.29, 0.717) is 26.4 Å². The van der Waals surface area contributed by atoms with Gasteiger partial charge in [0.15, 0.2) is 5.78 Å². The second-order valence-corrected chi connectivity index (χ2v) is 5.89. The average molecular weight is 328 g/mol. The number of ketones is 1. The Morgan fingerprint density at radius 3 is 2.35 bits per heavy atom. The van der Waals surface area contributed by atoms with Gasteiger partial charge in [-0.15, -0.1) is 0 Å². The van der Waals surface area contributed by atoms with E-state index in [2.05, 4.69) is 0 Å². The largest absolute Gasteiger partial charge is 0.484 e. The molecule has 0 radical (unpaired) electrons. The lowest BCUT2D eigenvalue weighted by Gasteiger charge is -2.25. The van der Waals surface area contributed by atoms with Crippen molar-refractivity contribution < 1.29 is 9.53 Å². The molecule has 0 aromatic heterocycles. The first-order valence-corrected chi connectivity index (χ1v) is 7.12. The summed E-state index contributed by atoms with van der Waals surface area (Å²) in [6.45, 7) is 0. The summed E-state index contributed by atoms with van der Waals surface area (Å²) in [5, 5.41) is 1.56. The third-order valence-corrected chi connectivity index (χ3v) is 3.81. The number of ether oxygens (including phenoxy) is 1. The molecule has 2 aromatic carbocycles. The maximum atomic E-state index is 12.2. The smallest absolute Gasteiger partial charge is 0.170 e. The predicted octanol–water partition coefficient (Wildman–Crippen LogP) is 5.35. The van der Waals surface area contributed by atoms with E-state index in [1.807, 2.05) is 0 Å². The fourth-order valence-electron chi connectivity index (χ4n) is 2.24. The molecule has 0 spiro atoms. The Balaban J connectivity index is 1.99. The summed E-state index contributed by atoms with van der Waals surface area (Å²) in [6, 6.07) is 10.2. The molecule has 0 saturated carbocycles. The fraction of sp³-hybridized carbons (Fsp3) is 0.133. The lowest BCUT2D eigenvalue weighted by atomic mass is 9.96. The van der Waals surface area contributed by atoms with E-state index in [0.717, 1.165) is 5.56 Å². The first-order chi connectivity index (χ1) is 9.52. The van der Waals surface area contributed by atoms with Gasteiger partial charge in [0.25, 0.3) is 0 Å². The predicted molar refractivity (Wildman–Crippen MR) is 80.2 cm³/mol. The van der Waals surface area contributed by atoms with Crippen LogP contribution >= 0.6 is 34.8 Å². The zero-order valence-electron chi connectivity index (χ0n) is 10.2. The van der Waals surface area contributed by atoms with E-state index >= 15 is 0 Å². The number of halogens is 3. The van der Waals surface area contributed by atoms with Gasteiger partial charge >= 0.3 is 0 Å². The molecule has 2 aromatic rings. The van der Waals surface area contributed by atoms with E-state index in [1.165, 1.54) is 0 Å². The van der Waals surface area contributed by atoms with Crippen LogP contribution in [0.25, 0.3) is 0 Å². The number of carbonyl (C=O) groups is 1. The monoisotopic (exact) mass is 326 g/mol. The molecule has 0 fully saturated rings. The molecule has 5 heteroatoms. The maximum absolute atomic E-state index is 12.2. The van der Waals surface area contributed by atoms with Crippen molar-refractivity contribution in [2.24, 2.45) is 0 Å². The number of benzene rings is 2. The summed E-state index contributed by atoms with van der Waals surface area (Å²) in [6.07, 6.45) is -0.142. The van der Waals surface area contributed by atoms with Crippen molar-refractivity contribution >= 4 is 40.6 Å². The van der Waals surface area contributed by atoms with Crippen molar-refractivity contribution in [3.05, 3.63) is 62.6 Å². The number of fused-ring (bicyclic) bond motifs is 1. The summed E-state index contributed by atoms with van der Waals surface area (Å²) in [5.41, 5.74) is 1.30. The molecular formula is C15H9Cl3O2. The van der Waals surface area contributed by atoms with Gasteiger partial charge in [0.2, 0.25) is 0 Å². The van der Waals surface area contributed by atoms with E-state index in [-0.39, 0.29) is 18.3 Å². The minimum absolute atomic E-state index is 0.00477. The SMILES string of the molecule is O=C1CC(c2cc(Cl)cc(Cl)c2)Oc2ccc(Cl)cc21. The molecule has 0 bridgehead atoms. The summed E-state index contributed by atoms with van der Waals surface area (Å²) < 4.78 is 5.86. The van der Waals surface area contributed by atoms with Crippen LogP contribution in [0.1, 0.15) is 28.4 Å². The number of carbonyl (C=O) groups excluding carboxylic acids is 1. The Kier molecular flexibility index (Phi) is 3.63. The van der Waals surface area contributed by atoms with Crippen molar-refractivity contribution in [3.63, 3.8) is 0 Å². The van der Waals surface area contributed by atoms with Gasteiger partial charge in [-0.05, 0) is 42.0 Å². The zero-order valence-corrected chi connectivity index (χ0v) is 12.5. The van der Waals surface area contributed by atoms with Crippen molar-refractivity contribution in [1.29, 1.82) is 0 Å². The quantitative estimate of drug-likeness (QED) is 0.705. The van der Waals surface area contributed by atoms with Crippen LogP contribution in [0.3, 0.4) is 0 Å². The van der Waals surface area contributed by atoms with E-state index in [4.69, 9.17) is 39.5 Å². The molecular weight excluding hydrogens is 319 g/mol. The van der Waals surface area contributed by atoms with Crippen molar-refractivity contribution in [1.82, 2.24) is 0 Å². The number of rotatable bonds is 1. The Hall–Kier alpha value is -1.22.